The van der Waals surface area contributed by atoms with Crippen molar-refractivity contribution in [2.75, 3.05) is 6.54 Å². The van der Waals surface area contributed by atoms with Crippen molar-refractivity contribution in [1.29, 1.82) is 0 Å². The largest absolute Gasteiger partial charge is 0.384 e. The molecule has 0 bridgehead atoms. The predicted octanol–water partition coefficient (Wildman–Crippen LogP) is 0.920. The lowest BCUT2D eigenvalue weighted by molar-refractivity contribution is -0.128. The molecule has 0 aromatic heterocycles. The highest BCUT2D eigenvalue weighted by Crippen LogP contribution is 2.29. The van der Waals surface area contributed by atoms with Crippen molar-refractivity contribution in [3.63, 3.8) is 0 Å². The maximum atomic E-state index is 11.0. The summed E-state index contributed by atoms with van der Waals surface area (Å²) in [5, 5.41) is 11.7. The van der Waals surface area contributed by atoms with Crippen molar-refractivity contribution in [3.8, 4) is 0 Å². The number of hydrogen-bond acceptors (Lipinski definition) is 2. The maximum Gasteiger partial charge on any atom is 0.248 e. The van der Waals surface area contributed by atoms with E-state index in [2.05, 4.69) is 12.2 Å². The average molecular weight is 185 g/mol. The lowest BCUT2D eigenvalue weighted by Crippen LogP contribution is -2.35. The van der Waals surface area contributed by atoms with Crippen LogP contribution in [0.5, 0.6) is 0 Å². The van der Waals surface area contributed by atoms with E-state index in [9.17, 15) is 4.79 Å². The second-order valence-corrected chi connectivity index (χ2v) is 4.21. The van der Waals surface area contributed by atoms with E-state index in [1.807, 2.05) is 0 Å². The number of rotatable bonds is 3. The van der Waals surface area contributed by atoms with Crippen molar-refractivity contribution in [2.45, 2.75) is 39.2 Å². The molecule has 0 radical (unpaired) electrons. The van der Waals surface area contributed by atoms with Crippen molar-refractivity contribution < 1.29 is 9.90 Å². The molecule has 0 heterocycles. The van der Waals surface area contributed by atoms with Crippen LogP contribution in [0.4, 0.5) is 0 Å². The first-order chi connectivity index (χ1) is 6.09. The van der Waals surface area contributed by atoms with Crippen LogP contribution in [0.15, 0.2) is 0 Å². The number of nitrogens with one attached hydrogen (secondary N) is 1. The number of hydrogen-bond donors (Lipinski definition) is 2. The van der Waals surface area contributed by atoms with Gasteiger partial charge in [0.2, 0.25) is 5.91 Å². The minimum atomic E-state index is -0.876. The highest BCUT2D eigenvalue weighted by Gasteiger charge is 2.21. The molecule has 0 aliphatic heterocycles. The summed E-state index contributed by atoms with van der Waals surface area (Å²) in [5.41, 5.74) is 0. The summed E-state index contributed by atoms with van der Waals surface area (Å²) in [7, 11) is 0. The average Bonchev–Trinajstić information content (AvgIpc) is 2.47. The van der Waals surface area contributed by atoms with Gasteiger partial charge in [0.15, 0.2) is 0 Å². The molecular formula is C10H19NO2. The minimum Gasteiger partial charge on any atom is -0.384 e. The third kappa shape index (κ3) is 3.35. The fourth-order valence-corrected chi connectivity index (χ4v) is 1.90. The summed E-state index contributed by atoms with van der Waals surface area (Å²) in [6, 6.07) is 0. The molecule has 1 saturated carbocycles. The number of carbonyl (C=O) groups excluding carboxylic acids is 1. The van der Waals surface area contributed by atoms with E-state index in [-0.39, 0.29) is 5.91 Å². The molecular weight excluding hydrogens is 166 g/mol. The molecule has 0 spiro atoms. The molecule has 76 valence electrons. The number of amides is 1. The van der Waals surface area contributed by atoms with Crippen molar-refractivity contribution in [1.82, 2.24) is 5.32 Å². The first-order valence-corrected chi connectivity index (χ1v) is 5.05. The second-order valence-electron chi connectivity index (χ2n) is 4.21. The third-order valence-electron chi connectivity index (χ3n) is 2.75. The van der Waals surface area contributed by atoms with Crippen LogP contribution in [0.25, 0.3) is 0 Å². The van der Waals surface area contributed by atoms with E-state index < -0.39 is 6.10 Å². The van der Waals surface area contributed by atoms with Gasteiger partial charge in [-0.1, -0.05) is 13.3 Å². The Bertz CT molecular complexity index is 180. The molecule has 13 heavy (non-hydrogen) atoms. The molecule has 0 aromatic rings. The zero-order valence-corrected chi connectivity index (χ0v) is 8.42. The van der Waals surface area contributed by atoms with Crippen LogP contribution in [0.2, 0.25) is 0 Å². The quantitative estimate of drug-likeness (QED) is 0.687. The number of aliphatic hydroxyl groups excluding tert-OH is 1. The van der Waals surface area contributed by atoms with Crippen molar-refractivity contribution in [3.05, 3.63) is 0 Å². The summed E-state index contributed by atoms with van der Waals surface area (Å²) < 4.78 is 0. The van der Waals surface area contributed by atoms with Crippen molar-refractivity contribution in [2.24, 2.45) is 11.8 Å². The second kappa shape index (κ2) is 4.61. The summed E-state index contributed by atoms with van der Waals surface area (Å²) in [6.45, 7) is 4.47. The molecule has 3 nitrogen and oxygen atoms in total. The van der Waals surface area contributed by atoms with E-state index in [1.54, 1.807) is 0 Å². The molecule has 0 aromatic carbocycles. The minimum absolute atomic E-state index is 0.250. The van der Waals surface area contributed by atoms with Gasteiger partial charge >= 0.3 is 0 Å². The van der Waals surface area contributed by atoms with E-state index in [0.29, 0.717) is 5.92 Å². The normalized spacial score (nSPS) is 30.1. The smallest absolute Gasteiger partial charge is 0.248 e. The van der Waals surface area contributed by atoms with E-state index in [0.717, 1.165) is 12.5 Å². The van der Waals surface area contributed by atoms with Gasteiger partial charge in [0, 0.05) is 6.54 Å². The Morgan fingerprint density at radius 2 is 2.31 bits per heavy atom. The fourth-order valence-electron chi connectivity index (χ4n) is 1.90. The van der Waals surface area contributed by atoms with Gasteiger partial charge in [-0.15, -0.1) is 0 Å². The molecule has 1 aliphatic carbocycles. The van der Waals surface area contributed by atoms with E-state index in [1.165, 1.54) is 26.2 Å². The summed E-state index contributed by atoms with van der Waals surface area (Å²) in [6.07, 6.45) is 2.81. The monoisotopic (exact) mass is 185 g/mol. The molecule has 0 saturated heterocycles. The van der Waals surface area contributed by atoms with Crippen LogP contribution in [0.1, 0.15) is 33.1 Å². The third-order valence-corrected chi connectivity index (χ3v) is 2.75. The van der Waals surface area contributed by atoms with Gasteiger partial charge < -0.3 is 10.4 Å². The molecule has 1 amide bonds. The van der Waals surface area contributed by atoms with Gasteiger partial charge in [0.05, 0.1) is 0 Å². The Morgan fingerprint density at radius 1 is 1.62 bits per heavy atom. The molecule has 1 aliphatic rings. The Morgan fingerprint density at radius 3 is 2.77 bits per heavy atom. The lowest BCUT2D eigenvalue weighted by Gasteiger charge is -2.11. The highest BCUT2D eigenvalue weighted by molar-refractivity contribution is 5.79. The first kappa shape index (κ1) is 10.5. The zero-order chi connectivity index (χ0) is 9.84. The first-order valence-electron chi connectivity index (χ1n) is 5.05. The van der Waals surface area contributed by atoms with Gasteiger partial charge in [-0.25, -0.2) is 0 Å². The van der Waals surface area contributed by atoms with Gasteiger partial charge in [-0.05, 0) is 31.6 Å². The molecule has 1 rings (SSSR count). The molecule has 2 N–H and O–H groups in total. The standard InChI is InChI=1S/C10H19NO2/c1-7-3-4-9(5-7)6-11-10(13)8(2)12/h7-9,12H,3-6H2,1-2H3,(H,11,13)/t7?,8-,9?/m1/s1. The number of carbonyl (C=O) groups is 1. The molecule has 1 fully saturated rings. The highest BCUT2D eigenvalue weighted by atomic mass is 16.3. The predicted molar refractivity (Wildman–Crippen MR) is 51.2 cm³/mol. The molecule has 3 heteroatoms. The van der Waals surface area contributed by atoms with Gasteiger partial charge in [-0.3, -0.25) is 4.79 Å². The van der Waals surface area contributed by atoms with Crippen LogP contribution < -0.4 is 5.32 Å². The van der Waals surface area contributed by atoms with Gasteiger partial charge in [0.25, 0.3) is 0 Å². The summed E-state index contributed by atoms with van der Waals surface area (Å²) >= 11 is 0. The van der Waals surface area contributed by atoms with Crippen LogP contribution in [0, 0.1) is 11.8 Å². The Labute approximate surface area is 79.5 Å². The maximum absolute atomic E-state index is 11.0. The van der Waals surface area contributed by atoms with Crippen LogP contribution in [-0.4, -0.2) is 23.7 Å². The topological polar surface area (TPSA) is 49.3 Å². The van der Waals surface area contributed by atoms with Crippen LogP contribution in [0.3, 0.4) is 0 Å². The summed E-state index contributed by atoms with van der Waals surface area (Å²) in [5.74, 6) is 1.17. The zero-order valence-electron chi connectivity index (χ0n) is 8.42. The fraction of sp³-hybridized carbons (Fsp3) is 0.900. The van der Waals surface area contributed by atoms with E-state index >= 15 is 0 Å². The van der Waals surface area contributed by atoms with Gasteiger partial charge in [0.1, 0.15) is 6.10 Å². The van der Waals surface area contributed by atoms with Crippen molar-refractivity contribution >= 4 is 5.91 Å². The van der Waals surface area contributed by atoms with Crippen LogP contribution >= 0.6 is 0 Å². The Hall–Kier alpha value is -0.570. The Kier molecular flexibility index (Phi) is 3.72. The molecule has 3 atom stereocenters. The van der Waals surface area contributed by atoms with E-state index in [4.69, 9.17) is 5.11 Å². The Balaban J connectivity index is 2.16. The van der Waals surface area contributed by atoms with Gasteiger partial charge in [-0.2, -0.15) is 0 Å². The molecule has 2 unspecified atom stereocenters. The SMILES string of the molecule is CC1CCC(CNC(=O)[C@@H](C)O)C1. The summed E-state index contributed by atoms with van der Waals surface area (Å²) in [4.78, 5) is 11.0. The van der Waals surface area contributed by atoms with Crippen LogP contribution in [-0.2, 0) is 4.79 Å². The number of aliphatic hydroxyl groups is 1. The lowest BCUT2D eigenvalue weighted by atomic mass is 10.1.